The van der Waals surface area contributed by atoms with E-state index in [2.05, 4.69) is 11.9 Å². The third-order valence-corrected chi connectivity index (χ3v) is 2.42. The van der Waals surface area contributed by atoms with Gasteiger partial charge >= 0.3 is 0 Å². The SMILES string of the molecule is COc1ccnc2c1CC(C)C2. The van der Waals surface area contributed by atoms with Gasteiger partial charge < -0.3 is 4.74 Å². The van der Waals surface area contributed by atoms with Crippen molar-refractivity contribution in [2.24, 2.45) is 5.92 Å². The van der Waals surface area contributed by atoms with E-state index in [0.717, 1.165) is 24.5 Å². The number of aromatic nitrogens is 1. The zero-order valence-corrected chi connectivity index (χ0v) is 7.50. The van der Waals surface area contributed by atoms with Crippen molar-refractivity contribution >= 4 is 0 Å². The van der Waals surface area contributed by atoms with Crippen molar-refractivity contribution < 1.29 is 4.74 Å². The van der Waals surface area contributed by atoms with E-state index in [1.54, 1.807) is 7.11 Å². The van der Waals surface area contributed by atoms with Crippen LogP contribution in [0.2, 0.25) is 0 Å². The van der Waals surface area contributed by atoms with Crippen molar-refractivity contribution in [3.05, 3.63) is 23.5 Å². The second kappa shape index (κ2) is 2.77. The van der Waals surface area contributed by atoms with Gasteiger partial charge in [0.1, 0.15) is 5.75 Å². The Morgan fingerprint density at radius 1 is 1.50 bits per heavy atom. The van der Waals surface area contributed by atoms with Crippen LogP contribution in [-0.4, -0.2) is 12.1 Å². The predicted octanol–water partition coefficient (Wildman–Crippen LogP) is 1.82. The van der Waals surface area contributed by atoms with Crippen LogP contribution in [-0.2, 0) is 12.8 Å². The molecule has 0 radical (unpaired) electrons. The third kappa shape index (κ3) is 1.07. The summed E-state index contributed by atoms with van der Waals surface area (Å²) in [5.74, 6) is 1.73. The normalized spacial score (nSPS) is 20.7. The van der Waals surface area contributed by atoms with Crippen molar-refractivity contribution in [3.63, 3.8) is 0 Å². The molecule has 0 saturated heterocycles. The standard InChI is InChI=1S/C10H13NO/c1-7-5-8-9(6-7)11-4-3-10(8)12-2/h3-4,7H,5-6H2,1-2H3. The van der Waals surface area contributed by atoms with Crippen LogP contribution in [0, 0.1) is 5.92 Å². The molecule has 0 N–H and O–H groups in total. The minimum absolute atomic E-state index is 0.726. The van der Waals surface area contributed by atoms with Crippen LogP contribution in [0.3, 0.4) is 0 Å². The first kappa shape index (κ1) is 7.59. The van der Waals surface area contributed by atoms with E-state index in [0.29, 0.717) is 0 Å². The molecule has 12 heavy (non-hydrogen) atoms. The second-order valence-corrected chi connectivity index (χ2v) is 3.45. The molecule has 0 spiro atoms. The van der Waals surface area contributed by atoms with E-state index in [4.69, 9.17) is 4.74 Å². The highest BCUT2D eigenvalue weighted by Crippen LogP contribution is 2.31. The molecule has 0 fully saturated rings. The highest BCUT2D eigenvalue weighted by atomic mass is 16.5. The van der Waals surface area contributed by atoms with Gasteiger partial charge in [0.25, 0.3) is 0 Å². The Labute approximate surface area is 72.6 Å². The summed E-state index contributed by atoms with van der Waals surface area (Å²) in [6, 6.07) is 1.94. The zero-order valence-electron chi connectivity index (χ0n) is 7.50. The van der Waals surface area contributed by atoms with E-state index < -0.39 is 0 Å². The van der Waals surface area contributed by atoms with Gasteiger partial charge in [-0.3, -0.25) is 4.98 Å². The van der Waals surface area contributed by atoms with Gasteiger partial charge in [-0.1, -0.05) is 6.92 Å². The minimum atomic E-state index is 0.726. The number of hydrogen-bond acceptors (Lipinski definition) is 2. The largest absolute Gasteiger partial charge is 0.496 e. The molecule has 1 heterocycles. The number of methoxy groups -OCH3 is 1. The number of ether oxygens (including phenoxy) is 1. The molecule has 0 bridgehead atoms. The van der Waals surface area contributed by atoms with Crippen molar-refractivity contribution in [1.29, 1.82) is 0 Å². The fourth-order valence-corrected chi connectivity index (χ4v) is 1.85. The Bertz CT molecular complexity index is 296. The molecular weight excluding hydrogens is 150 g/mol. The molecule has 1 aliphatic rings. The number of fused-ring (bicyclic) bond motifs is 1. The van der Waals surface area contributed by atoms with Crippen LogP contribution in [0.5, 0.6) is 5.75 Å². The summed E-state index contributed by atoms with van der Waals surface area (Å²) in [5.41, 5.74) is 2.54. The predicted molar refractivity (Wildman–Crippen MR) is 47.4 cm³/mol. The number of nitrogens with zero attached hydrogens (tertiary/aromatic N) is 1. The zero-order chi connectivity index (χ0) is 8.55. The molecule has 1 atom stereocenters. The summed E-state index contributed by atoms with van der Waals surface area (Å²) in [4.78, 5) is 4.34. The maximum absolute atomic E-state index is 5.27. The lowest BCUT2D eigenvalue weighted by atomic mass is 10.1. The van der Waals surface area contributed by atoms with E-state index >= 15 is 0 Å². The topological polar surface area (TPSA) is 22.1 Å². The lowest BCUT2D eigenvalue weighted by molar-refractivity contribution is 0.408. The van der Waals surface area contributed by atoms with Gasteiger partial charge in [0.05, 0.1) is 7.11 Å². The van der Waals surface area contributed by atoms with Gasteiger partial charge in [-0.15, -0.1) is 0 Å². The average Bonchev–Trinajstić information content (AvgIpc) is 2.44. The fourth-order valence-electron chi connectivity index (χ4n) is 1.85. The Morgan fingerprint density at radius 3 is 3.08 bits per heavy atom. The molecule has 1 aromatic heterocycles. The number of pyridine rings is 1. The van der Waals surface area contributed by atoms with E-state index in [-0.39, 0.29) is 0 Å². The quantitative estimate of drug-likeness (QED) is 0.630. The van der Waals surface area contributed by atoms with Crippen LogP contribution in [0.25, 0.3) is 0 Å². The first-order chi connectivity index (χ1) is 5.81. The first-order valence-electron chi connectivity index (χ1n) is 4.32. The van der Waals surface area contributed by atoms with Gasteiger partial charge in [-0.05, 0) is 24.8 Å². The lowest BCUT2D eigenvalue weighted by Gasteiger charge is -2.04. The van der Waals surface area contributed by atoms with Crippen molar-refractivity contribution in [2.45, 2.75) is 19.8 Å². The number of hydrogen-bond donors (Lipinski definition) is 0. The monoisotopic (exact) mass is 163 g/mol. The van der Waals surface area contributed by atoms with Crippen LogP contribution in [0.15, 0.2) is 12.3 Å². The summed E-state index contributed by atoms with van der Waals surface area (Å²) >= 11 is 0. The first-order valence-corrected chi connectivity index (χ1v) is 4.32. The molecular formula is C10H13NO. The molecule has 0 amide bonds. The van der Waals surface area contributed by atoms with Crippen LogP contribution >= 0.6 is 0 Å². The second-order valence-electron chi connectivity index (χ2n) is 3.45. The van der Waals surface area contributed by atoms with Gasteiger partial charge in [-0.2, -0.15) is 0 Å². The van der Waals surface area contributed by atoms with E-state index in [9.17, 15) is 0 Å². The maximum atomic E-state index is 5.27. The lowest BCUT2D eigenvalue weighted by Crippen LogP contribution is -1.92. The maximum Gasteiger partial charge on any atom is 0.125 e. The molecule has 0 aromatic carbocycles. The molecule has 1 aromatic rings. The van der Waals surface area contributed by atoms with E-state index in [1.165, 1.54) is 11.3 Å². The molecule has 64 valence electrons. The highest BCUT2D eigenvalue weighted by molar-refractivity contribution is 5.39. The van der Waals surface area contributed by atoms with Gasteiger partial charge in [-0.25, -0.2) is 0 Å². The van der Waals surface area contributed by atoms with Crippen LogP contribution in [0.1, 0.15) is 18.2 Å². The smallest absolute Gasteiger partial charge is 0.125 e. The van der Waals surface area contributed by atoms with Gasteiger partial charge in [0, 0.05) is 17.5 Å². The summed E-state index contributed by atoms with van der Waals surface area (Å²) in [5, 5.41) is 0. The molecule has 1 aliphatic carbocycles. The summed E-state index contributed by atoms with van der Waals surface area (Å²) < 4.78 is 5.27. The Kier molecular flexibility index (Phi) is 1.75. The summed E-state index contributed by atoms with van der Waals surface area (Å²) in [6.07, 6.45) is 4.05. The average molecular weight is 163 g/mol. The van der Waals surface area contributed by atoms with Gasteiger partial charge in [0.2, 0.25) is 0 Å². The van der Waals surface area contributed by atoms with Gasteiger partial charge in [0.15, 0.2) is 0 Å². The fraction of sp³-hybridized carbons (Fsp3) is 0.500. The van der Waals surface area contributed by atoms with Crippen LogP contribution < -0.4 is 4.74 Å². The summed E-state index contributed by atoms with van der Waals surface area (Å²) in [6.45, 7) is 2.25. The molecule has 0 saturated carbocycles. The molecule has 2 rings (SSSR count). The minimum Gasteiger partial charge on any atom is -0.496 e. The van der Waals surface area contributed by atoms with E-state index in [1.807, 2.05) is 12.3 Å². The Morgan fingerprint density at radius 2 is 2.33 bits per heavy atom. The van der Waals surface area contributed by atoms with Crippen molar-refractivity contribution in [3.8, 4) is 5.75 Å². The highest BCUT2D eigenvalue weighted by Gasteiger charge is 2.21. The third-order valence-electron chi connectivity index (χ3n) is 2.42. The van der Waals surface area contributed by atoms with Crippen molar-refractivity contribution in [2.75, 3.05) is 7.11 Å². The van der Waals surface area contributed by atoms with Crippen LogP contribution in [0.4, 0.5) is 0 Å². The molecule has 0 aliphatic heterocycles. The molecule has 1 unspecified atom stereocenters. The Hall–Kier alpha value is -1.05. The number of rotatable bonds is 1. The molecule has 2 nitrogen and oxygen atoms in total. The summed E-state index contributed by atoms with van der Waals surface area (Å²) in [7, 11) is 1.72. The molecule has 2 heteroatoms. The Balaban J connectivity index is 2.44. The van der Waals surface area contributed by atoms with Crippen molar-refractivity contribution in [1.82, 2.24) is 4.98 Å².